The zero-order valence-corrected chi connectivity index (χ0v) is 10.9. The molecule has 1 aromatic heterocycles. The van der Waals surface area contributed by atoms with Gasteiger partial charge in [0.15, 0.2) is 0 Å². The van der Waals surface area contributed by atoms with Gasteiger partial charge in [-0.15, -0.1) is 0 Å². The third kappa shape index (κ3) is 2.82. The van der Waals surface area contributed by atoms with E-state index in [-0.39, 0.29) is 0 Å². The van der Waals surface area contributed by atoms with E-state index in [1.54, 1.807) is 0 Å². The third-order valence-corrected chi connectivity index (χ3v) is 4.40. The molecule has 1 aliphatic rings. The fourth-order valence-corrected chi connectivity index (χ4v) is 2.50. The van der Waals surface area contributed by atoms with Crippen molar-refractivity contribution in [3.63, 3.8) is 0 Å². The minimum absolute atomic E-state index is 0.692. The molecule has 2 heterocycles. The normalized spacial score (nSPS) is 28.2. The zero-order chi connectivity index (χ0) is 10.8. The monoisotopic (exact) mass is 271 g/mol. The molecule has 0 aromatic carbocycles. The van der Waals surface area contributed by atoms with E-state index in [0.717, 1.165) is 12.5 Å². The summed E-state index contributed by atoms with van der Waals surface area (Å²) in [4.78, 5) is 3.18. The Morgan fingerprint density at radius 1 is 1.60 bits per heavy atom. The second kappa shape index (κ2) is 4.66. The van der Waals surface area contributed by atoms with Gasteiger partial charge >= 0.3 is 0 Å². The second-order valence-electron chi connectivity index (χ2n) is 4.50. The molecular formula is C11H18BrN3. The van der Waals surface area contributed by atoms with Crippen LogP contribution in [0.2, 0.25) is 0 Å². The molecule has 2 unspecified atom stereocenters. The van der Waals surface area contributed by atoms with Gasteiger partial charge in [0.25, 0.3) is 0 Å². The Balaban J connectivity index is 1.90. The first kappa shape index (κ1) is 11.1. The summed E-state index contributed by atoms with van der Waals surface area (Å²) in [6.45, 7) is 5.65. The number of likely N-dealkylation sites (tertiary alicyclic amines) is 1. The Labute approximate surface area is 99.6 Å². The SMILES string of the molecule is CC1CN(Cc2ccn(C)n2)CCC1Br. The number of aromatic nitrogens is 2. The highest BCUT2D eigenvalue weighted by Crippen LogP contribution is 2.24. The first-order valence-corrected chi connectivity index (χ1v) is 6.41. The van der Waals surface area contributed by atoms with Crippen LogP contribution in [-0.2, 0) is 13.6 Å². The molecular weight excluding hydrogens is 254 g/mol. The maximum atomic E-state index is 4.41. The topological polar surface area (TPSA) is 21.1 Å². The molecule has 4 heteroatoms. The Morgan fingerprint density at radius 3 is 3.00 bits per heavy atom. The second-order valence-corrected chi connectivity index (χ2v) is 5.67. The first-order chi connectivity index (χ1) is 7.15. The van der Waals surface area contributed by atoms with Gasteiger partial charge < -0.3 is 0 Å². The lowest BCUT2D eigenvalue weighted by molar-refractivity contribution is 0.181. The lowest BCUT2D eigenvalue weighted by Gasteiger charge is -2.33. The van der Waals surface area contributed by atoms with Crippen LogP contribution in [0.5, 0.6) is 0 Å². The zero-order valence-electron chi connectivity index (χ0n) is 9.36. The average Bonchev–Trinajstić information content (AvgIpc) is 2.58. The summed E-state index contributed by atoms with van der Waals surface area (Å²) in [6.07, 6.45) is 3.25. The van der Waals surface area contributed by atoms with Crippen LogP contribution in [-0.4, -0.2) is 32.6 Å². The van der Waals surface area contributed by atoms with Crippen LogP contribution < -0.4 is 0 Å². The van der Waals surface area contributed by atoms with Gasteiger partial charge in [0, 0.05) is 31.2 Å². The highest BCUT2D eigenvalue weighted by molar-refractivity contribution is 9.09. The molecule has 1 saturated heterocycles. The molecule has 1 aliphatic heterocycles. The van der Waals surface area contributed by atoms with Gasteiger partial charge in [0.05, 0.1) is 5.69 Å². The number of aryl methyl sites for hydroxylation is 1. The molecule has 0 radical (unpaired) electrons. The van der Waals surface area contributed by atoms with Gasteiger partial charge in [0.1, 0.15) is 0 Å². The van der Waals surface area contributed by atoms with Crippen molar-refractivity contribution in [3.05, 3.63) is 18.0 Å². The quantitative estimate of drug-likeness (QED) is 0.768. The molecule has 2 rings (SSSR count). The third-order valence-electron chi connectivity index (χ3n) is 3.04. The summed E-state index contributed by atoms with van der Waals surface area (Å²) in [6, 6.07) is 2.10. The maximum absolute atomic E-state index is 4.41. The van der Waals surface area contributed by atoms with Crippen molar-refractivity contribution in [3.8, 4) is 0 Å². The van der Waals surface area contributed by atoms with Crippen molar-refractivity contribution in [1.29, 1.82) is 0 Å². The largest absolute Gasteiger partial charge is 0.297 e. The molecule has 1 fully saturated rings. The number of hydrogen-bond donors (Lipinski definition) is 0. The van der Waals surface area contributed by atoms with E-state index in [4.69, 9.17) is 0 Å². The van der Waals surface area contributed by atoms with E-state index in [1.807, 2.05) is 17.9 Å². The van der Waals surface area contributed by atoms with Crippen molar-refractivity contribution in [2.45, 2.75) is 24.7 Å². The highest BCUT2D eigenvalue weighted by Gasteiger charge is 2.23. The Morgan fingerprint density at radius 2 is 2.40 bits per heavy atom. The van der Waals surface area contributed by atoms with Crippen LogP contribution in [0.3, 0.4) is 0 Å². The van der Waals surface area contributed by atoms with Gasteiger partial charge in [-0.3, -0.25) is 9.58 Å². The van der Waals surface area contributed by atoms with Gasteiger partial charge in [-0.05, 0) is 24.9 Å². The highest BCUT2D eigenvalue weighted by atomic mass is 79.9. The van der Waals surface area contributed by atoms with Gasteiger partial charge in [-0.1, -0.05) is 22.9 Å². The van der Waals surface area contributed by atoms with Crippen LogP contribution in [0.4, 0.5) is 0 Å². The van der Waals surface area contributed by atoms with Crippen LogP contribution in [0, 0.1) is 5.92 Å². The molecule has 2 atom stereocenters. The van der Waals surface area contributed by atoms with Crippen LogP contribution >= 0.6 is 15.9 Å². The van der Waals surface area contributed by atoms with E-state index >= 15 is 0 Å². The standard InChI is InChI=1S/C11H18BrN3/c1-9-7-15(6-4-11(9)12)8-10-3-5-14(2)13-10/h3,5,9,11H,4,6-8H2,1-2H3. The molecule has 1 aromatic rings. The molecule has 0 aliphatic carbocycles. The van der Waals surface area contributed by atoms with Crippen LogP contribution in [0.1, 0.15) is 19.0 Å². The number of alkyl halides is 1. The fraction of sp³-hybridized carbons (Fsp3) is 0.727. The van der Waals surface area contributed by atoms with Crippen molar-refractivity contribution in [2.75, 3.05) is 13.1 Å². The molecule has 0 bridgehead atoms. The molecule has 0 N–H and O–H groups in total. The lowest BCUT2D eigenvalue weighted by atomic mass is 10.00. The van der Waals surface area contributed by atoms with Crippen LogP contribution in [0.15, 0.2) is 12.3 Å². The van der Waals surface area contributed by atoms with E-state index in [2.05, 4.69) is 38.9 Å². The Kier molecular flexibility index (Phi) is 3.46. The van der Waals surface area contributed by atoms with Crippen LogP contribution in [0.25, 0.3) is 0 Å². The minimum Gasteiger partial charge on any atom is -0.297 e. The summed E-state index contributed by atoms with van der Waals surface area (Å²) < 4.78 is 1.87. The molecule has 0 spiro atoms. The van der Waals surface area contributed by atoms with Gasteiger partial charge in [-0.25, -0.2) is 0 Å². The smallest absolute Gasteiger partial charge is 0.0764 e. The number of hydrogen-bond acceptors (Lipinski definition) is 2. The average molecular weight is 272 g/mol. The van der Waals surface area contributed by atoms with Crippen molar-refractivity contribution in [2.24, 2.45) is 13.0 Å². The number of piperidine rings is 1. The number of halogens is 1. The predicted molar refractivity (Wildman–Crippen MR) is 65.0 cm³/mol. The number of rotatable bonds is 2. The van der Waals surface area contributed by atoms with Crippen molar-refractivity contribution >= 4 is 15.9 Å². The molecule has 84 valence electrons. The fourth-order valence-electron chi connectivity index (χ4n) is 2.12. The minimum atomic E-state index is 0.692. The molecule has 0 saturated carbocycles. The number of nitrogens with zero attached hydrogens (tertiary/aromatic N) is 3. The molecule has 3 nitrogen and oxygen atoms in total. The summed E-state index contributed by atoms with van der Waals surface area (Å²) >= 11 is 3.72. The summed E-state index contributed by atoms with van der Waals surface area (Å²) in [5, 5.41) is 4.41. The summed E-state index contributed by atoms with van der Waals surface area (Å²) in [5.41, 5.74) is 1.18. The van der Waals surface area contributed by atoms with E-state index in [0.29, 0.717) is 4.83 Å². The maximum Gasteiger partial charge on any atom is 0.0764 e. The summed E-state index contributed by atoms with van der Waals surface area (Å²) in [5.74, 6) is 0.738. The van der Waals surface area contributed by atoms with Crippen molar-refractivity contribution in [1.82, 2.24) is 14.7 Å². The van der Waals surface area contributed by atoms with E-state index < -0.39 is 0 Å². The van der Waals surface area contributed by atoms with E-state index in [1.165, 1.54) is 25.2 Å². The summed E-state index contributed by atoms with van der Waals surface area (Å²) in [7, 11) is 1.97. The molecule has 15 heavy (non-hydrogen) atoms. The first-order valence-electron chi connectivity index (χ1n) is 5.50. The van der Waals surface area contributed by atoms with E-state index in [9.17, 15) is 0 Å². The van der Waals surface area contributed by atoms with Crippen molar-refractivity contribution < 1.29 is 0 Å². The van der Waals surface area contributed by atoms with Gasteiger partial charge in [-0.2, -0.15) is 5.10 Å². The lowest BCUT2D eigenvalue weighted by Crippen LogP contribution is -2.39. The molecule has 0 amide bonds. The predicted octanol–water partition coefficient (Wildman–Crippen LogP) is 2.03. The Hall–Kier alpha value is -0.350. The van der Waals surface area contributed by atoms with Gasteiger partial charge in [0.2, 0.25) is 0 Å². The Bertz CT molecular complexity index is 323.